The molecule has 1 aromatic rings. The van der Waals surface area contributed by atoms with Gasteiger partial charge in [-0.2, -0.15) is 13.2 Å². The maximum absolute atomic E-state index is 12.7. The molecule has 2 aliphatic rings. The minimum absolute atomic E-state index is 0.0236. The third kappa shape index (κ3) is 1.75. The van der Waals surface area contributed by atoms with Crippen molar-refractivity contribution in [3.8, 4) is 0 Å². The zero-order chi connectivity index (χ0) is 12.9. The average molecular weight is 253 g/mol. The van der Waals surface area contributed by atoms with E-state index in [9.17, 15) is 13.2 Å². The van der Waals surface area contributed by atoms with Crippen LogP contribution >= 0.6 is 0 Å². The molecule has 1 aromatic carbocycles. The van der Waals surface area contributed by atoms with Gasteiger partial charge < -0.3 is 5.73 Å². The molecule has 0 aromatic heterocycles. The first-order valence-electron chi connectivity index (χ1n) is 6.15. The monoisotopic (exact) mass is 253 g/mol. The molecule has 4 heteroatoms. The molecule has 3 rings (SSSR count). The lowest BCUT2D eigenvalue weighted by Gasteiger charge is -2.21. The molecule has 0 amide bonds. The Hall–Kier alpha value is -1.29. The minimum Gasteiger partial charge on any atom is -0.324 e. The number of nitrogens with two attached hydrogens (primary N) is 1. The lowest BCUT2D eigenvalue weighted by Crippen LogP contribution is -2.25. The van der Waals surface area contributed by atoms with Gasteiger partial charge in [0.2, 0.25) is 0 Å². The van der Waals surface area contributed by atoms with Crippen LogP contribution in [0.4, 0.5) is 13.2 Å². The summed E-state index contributed by atoms with van der Waals surface area (Å²) in [4.78, 5) is 0. The summed E-state index contributed by atoms with van der Waals surface area (Å²) in [6, 6.07) is 4.08. The first-order valence-corrected chi connectivity index (χ1v) is 6.15. The van der Waals surface area contributed by atoms with Crippen LogP contribution in [-0.2, 0) is 12.6 Å². The van der Waals surface area contributed by atoms with Crippen LogP contribution in [-0.4, -0.2) is 6.04 Å². The minimum atomic E-state index is -4.27. The second-order valence-corrected chi connectivity index (χ2v) is 5.05. The average Bonchev–Trinajstić information content (AvgIpc) is 2.67. The highest BCUT2D eigenvalue weighted by molar-refractivity contribution is 5.78. The van der Waals surface area contributed by atoms with Gasteiger partial charge in [-0.15, -0.1) is 0 Å². The van der Waals surface area contributed by atoms with Crippen LogP contribution in [0.15, 0.2) is 23.8 Å². The van der Waals surface area contributed by atoms with Crippen LogP contribution in [0.2, 0.25) is 0 Å². The Balaban J connectivity index is 2.08. The fraction of sp³-hybridized carbons (Fsp3) is 0.429. The molecule has 0 saturated carbocycles. The summed E-state index contributed by atoms with van der Waals surface area (Å²) in [5.74, 6) is 0. The molecular weight excluding hydrogens is 239 g/mol. The zero-order valence-electron chi connectivity index (χ0n) is 9.85. The van der Waals surface area contributed by atoms with Crippen LogP contribution in [0.1, 0.15) is 36.0 Å². The van der Waals surface area contributed by atoms with E-state index in [2.05, 4.69) is 0 Å². The Kier molecular flexibility index (Phi) is 2.52. The topological polar surface area (TPSA) is 26.0 Å². The number of rotatable bonds is 0. The largest absolute Gasteiger partial charge is 0.416 e. The highest BCUT2D eigenvalue weighted by Crippen LogP contribution is 2.43. The Labute approximate surface area is 103 Å². The summed E-state index contributed by atoms with van der Waals surface area (Å²) in [6.07, 6.45) is -0.773. The predicted octanol–water partition coefficient (Wildman–Crippen LogP) is 3.53. The summed E-state index contributed by atoms with van der Waals surface area (Å²) >= 11 is 0. The molecule has 2 N–H and O–H groups in total. The second-order valence-electron chi connectivity index (χ2n) is 5.05. The van der Waals surface area contributed by atoms with Crippen molar-refractivity contribution in [2.24, 2.45) is 5.73 Å². The number of allylic oxidation sites excluding steroid dienone is 1. The number of benzene rings is 1. The van der Waals surface area contributed by atoms with Crippen molar-refractivity contribution in [1.29, 1.82) is 0 Å². The summed E-state index contributed by atoms with van der Waals surface area (Å²) < 4.78 is 38.1. The normalized spacial score (nSPS) is 23.0. The Bertz CT molecular complexity index is 528. The molecular formula is C14H14F3N. The van der Waals surface area contributed by atoms with Gasteiger partial charge >= 0.3 is 6.18 Å². The van der Waals surface area contributed by atoms with Crippen molar-refractivity contribution in [1.82, 2.24) is 0 Å². The maximum Gasteiger partial charge on any atom is 0.416 e. The smallest absolute Gasteiger partial charge is 0.324 e. The highest BCUT2D eigenvalue weighted by Gasteiger charge is 2.34. The van der Waals surface area contributed by atoms with Gasteiger partial charge in [0.25, 0.3) is 0 Å². The summed E-state index contributed by atoms with van der Waals surface area (Å²) in [5, 5.41) is 0. The molecule has 0 heterocycles. The molecule has 1 nitrogen and oxygen atoms in total. The van der Waals surface area contributed by atoms with Crippen molar-refractivity contribution in [2.45, 2.75) is 37.9 Å². The SMILES string of the molecule is NC1CCCC2=C1Cc1ccc(C(F)(F)F)cc12. The zero-order valence-corrected chi connectivity index (χ0v) is 9.85. The number of hydrogen-bond acceptors (Lipinski definition) is 1. The van der Waals surface area contributed by atoms with Crippen molar-refractivity contribution in [3.05, 3.63) is 40.5 Å². The molecule has 96 valence electrons. The van der Waals surface area contributed by atoms with Gasteiger partial charge in [-0.3, -0.25) is 0 Å². The van der Waals surface area contributed by atoms with Gasteiger partial charge in [-0.1, -0.05) is 6.07 Å². The third-order valence-corrected chi connectivity index (χ3v) is 3.92. The molecule has 2 aliphatic carbocycles. The molecule has 0 radical (unpaired) electrons. The van der Waals surface area contributed by atoms with Crippen molar-refractivity contribution >= 4 is 5.57 Å². The number of alkyl halides is 3. The van der Waals surface area contributed by atoms with E-state index in [-0.39, 0.29) is 6.04 Å². The molecule has 0 aliphatic heterocycles. The van der Waals surface area contributed by atoms with E-state index in [0.29, 0.717) is 0 Å². The highest BCUT2D eigenvalue weighted by atomic mass is 19.4. The van der Waals surface area contributed by atoms with Gasteiger partial charge in [0.1, 0.15) is 0 Å². The van der Waals surface area contributed by atoms with Gasteiger partial charge in [0.05, 0.1) is 5.56 Å². The van der Waals surface area contributed by atoms with Crippen LogP contribution in [0, 0.1) is 0 Å². The van der Waals surface area contributed by atoms with Gasteiger partial charge in [-0.25, -0.2) is 0 Å². The molecule has 1 unspecified atom stereocenters. The Morgan fingerprint density at radius 3 is 2.72 bits per heavy atom. The summed E-state index contributed by atoms with van der Waals surface area (Å²) in [7, 11) is 0. The van der Waals surface area contributed by atoms with Crippen molar-refractivity contribution in [3.63, 3.8) is 0 Å². The number of fused-ring (bicyclic) bond motifs is 2. The Morgan fingerprint density at radius 2 is 2.00 bits per heavy atom. The van der Waals surface area contributed by atoms with E-state index in [1.807, 2.05) is 0 Å². The van der Waals surface area contributed by atoms with Crippen LogP contribution < -0.4 is 5.73 Å². The van der Waals surface area contributed by atoms with E-state index in [4.69, 9.17) is 5.73 Å². The molecule has 0 spiro atoms. The number of hydrogen-bond donors (Lipinski definition) is 1. The molecule has 1 atom stereocenters. The van der Waals surface area contributed by atoms with E-state index >= 15 is 0 Å². The van der Waals surface area contributed by atoms with Crippen molar-refractivity contribution in [2.75, 3.05) is 0 Å². The fourth-order valence-corrected chi connectivity index (χ4v) is 3.00. The standard InChI is InChI=1S/C14H14F3N/c15-14(16,17)9-5-4-8-6-12-10(11(8)7-9)2-1-3-13(12)18/h4-5,7,13H,1-3,6,18H2. The number of halogens is 3. The van der Waals surface area contributed by atoms with Crippen LogP contribution in [0.25, 0.3) is 5.57 Å². The molecule has 0 fully saturated rings. The van der Waals surface area contributed by atoms with Gasteiger partial charge in [0, 0.05) is 6.04 Å². The lowest BCUT2D eigenvalue weighted by molar-refractivity contribution is -0.137. The maximum atomic E-state index is 12.7. The van der Waals surface area contributed by atoms with E-state index < -0.39 is 11.7 Å². The quantitative estimate of drug-likeness (QED) is 0.752. The lowest BCUT2D eigenvalue weighted by atomic mass is 9.88. The first-order chi connectivity index (χ1) is 8.47. The van der Waals surface area contributed by atoms with E-state index in [0.717, 1.165) is 48.0 Å². The van der Waals surface area contributed by atoms with Crippen LogP contribution in [0.3, 0.4) is 0 Å². The second kappa shape index (κ2) is 3.85. The third-order valence-electron chi connectivity index (χ3n) is 3.92. The summed E-state index contributed by atoms with van der Waals surface area (Å²) in [5.41, 5.74) is 9.46. The first kappa shape index (κ1) is 11.8. The van der Waals surface area contributed by atoms with Gasteiger partial charge in [-0.05, 0) is 60.1 Å². The summed E-state index contributed by atoms with van der Waals surface area (Å²) in [6.45, 7) is 0. The van der Waals surface area contributed by atoms with Crippen LogP contribution in [0.5, 0.6) is 0 Å². The predicted molar refractivity (Wildman–Crippen MR) is 63.9 cm³/mol. The van der Waals surface area contributed by atoms with Gasteiger partial charge in [0.15, 0.2) is 0 Å². The van der Waals surface area contributed by atoms with E-state index in [1.54, 1.807) is 6.07 Å². The van der Waals surface area contributed by atoms with Crippen molar-refractivity contribution < 1.29 is 13.2 Å². The molecule has 0 bridgehead atoms. The Morgan fingerprint density at radius 1 is 1.22 bits per heavy atom. The molecule has 18 heavy (non-hydrogen) atoms. The fourth-order valence-electron chi connectivity index (χ4n) is 3.00. The molecule has 0 saturated heterocycles. The van der Waals surface area contributed by atoms with E-state index in [1.165, 1.54) is 12.1 Å².